The monoisotopic (exact) mass is 287 g/mol. The first-order valence-electron chi connectivity index (χ1n) is 5.90. The molecule has 0 radical (unpaired) electrons. The van der Waals surface area contributed by atoms with E-state index in [2.05, 4.69) is 4.98 Å². The van der Waals surface area contributed by atoms with Crippen molar-refractivity contribution in [3.05, 3.63) is 18.3 Å². The molecule has 0 saturated carbocycles. The number of anilines is 1. The minimum Gasteiger partial charge on any atom is -0.378 e. The van der Waals surface area contributed by atoms with Crippen molar-refractivity contribution in [2.24, 2.45) is 0 Å². The topological polar surface area (TPSA) is 72.0 Å². The highest BCUT2D eigenvalue weighted by molar-refractivity contribution is 7.84. The average Bonchev–Trinajstić information content (AvgIpc) is 2.40. The molecular formula is C11H17N3O4S. The fourth-order valence-electron chi connectivity index (χ4n) is 1.67. The molecule has 8 heteroatoms. The normalized spacial score (nSPS) is 16.7. The van der Waals surface area contributed by atoms with Gasteiger partial charge in [-0.05, 0) is 12.1 Å². The molecule has 1 aliphatic rings. The molecule has 1 saturated heterocycles. The van der Waals surface area contributed by atoms with Crippen LogP contribution in [0, 0.1) is 0 Å². The van der Waals surface area contributed by atoms with Crippen LogP contribution < -0.4 is 9.08 Å². The average molecular weight is 287 g/mol. The summed E-state index contributed by atoms with van der Waals surface area (Å²) in [7, 11) is -0.981. The van der Waals surface area contributed by atoms with Crippen molar-refractivity contribution in [2.45, 2.75) is 0 Å². The third-order valence-electron chi connectivity index (χ3n) is 2.73. The molecule has 1 aromatic rings. The molecule has 1 fully saturated rings. The summed E-state index contributed by atoms with van der Waals surface area (Å²) in [6, 6.07) is 3.54. The Bertz CT molecular complexity index is 526. The number of aromatic nitrogens is 1. The van der Waals surface area contributed by atoms with Gasteiger partial charge >= 0.3 is 10.3 Å². The molecule has 0 aromatic carbocycles. The Morgan fingerprint density at radius 2 is 2.05 bits per heavy atom. The molecule has 1 aliphatic heterocycles. The zero-order valence-corrected chi connectivity index (χ0v) is 11.8. The number of rotatable bonds is 4. The first-order valence-corrected chi connectivity index (χ1v) is 7.27. The van der Waals surface area contributed by atoms with Crippen molar-refractivity contribution in [2.75, 3.05) is 45.3 Å². The van der Waals surface area contributed by atoms with Crippen LogP contribution in [-0.4, -0.2) is 58.1 Å². The number of hydrogen-bond donors (Lipinski definition) is 0. The first-order chi connectivity index (χ1) is 9.00. The molecule has 2 heterocycles. The summed E-state index contributed by atoms with van der Waals surface area (Å²) < 4.78 is 34.8. The van der Waals surface area contributed by atoms with Crippen LogP contribution in [0.2, 0.25) is 0 Å². The van der Waals surface area contributed by atoms with E-state index < -0.39 is 10.3 Å². The second-order valence-electron chi connectivity index (χ2n) is 4.25. The largest absolute Gasteiger partial charge is 0.386 e. The van der Waals surface area contributed by atoms with Gasteiger partial charge in [-0.25, -0.2) is 4.98 Å². The van der Waals surface area contributed by atoms with Gasteiger partial charge in [0.05, 0.1) is 13.2 Å². The Kier molecular flexibility index (Phi) is 4.23. The van der Waals surface area contributed by atoms with E-state index in [4.69, 9.17) is 8.92 Å². The number of morpholine rings is 1. The number of pyridine rings is 1. The van der Waals surface area contributed by atoms with Gasteiger partial charge in [0.15, 0.2) is 0 Å². The third-order valence-corrected chi connectivity index (χ3v) is 4.00. The van der Waals surface area contributed by atoms with Gasteiger partial charge in [-0.2, -0.15) is 12.7 Å². The van der Waals surface area contributed by atoms with Crippen LogP contribution in [0.25, 0.3) is 0 Å². The number of nitrogens with zero attached hydrogens (tertiary/aromatic N) is 3. The highest BCUT2D eigenvalue weighted by Crippen LogP contribution is 2.27. The van der Waals surface area contributed by atoms with Crippen LogP contribution in [0.5, 0.6) is 5.88 Å². The second kappa shape index (κ2) is 5.72. The fourth-order valence-corrected chi connectivity index (χ4v) is 2.14. The quantitative estimate of drug-likeness (QED) is 0.782. The zero-order chi connectivity index (χ0) is 13.9. The molecule has 0 amide bonds. The van der Waals surface area contributed by atoms with Gasteiger partial charge in [-0.15, -0.1) is 0 Å². The summed E-state index contributed by atoms with van der Waals surface area (Å²) in [5.74, 6) is 0.0955. The van der Waals surface area contributed by atoms with Crippen molar-refractivity contribution in [1.29, 1.82) is 0 Å². The van der Waals surface area contributed by atoms with Crippen molar-refractivity contribution in [3.63, 3.8) is 0 Å². The van der Waals surface area contributed by atoms with E-state index in [1.54, 1.807) is 12.1 Å². The van der Waals surface area contributed by atoms with E-state index >= 15 is 0 Å². The molecule has 0 spiro atoms. The molecule has 19 heavy (non-hydrogen) atoms. The van der Waals surface area contributed by atoms with E-state index in [0.29, 0.717) is 32.0 Å². The van der Waals surface area contributed by atoms with E-state index in [1.807, 2.05) is 4.90 Å². The Balaban J connectivity index is 2.26. The van der Waals surface area contributed by atoms with E-state index in [9.17, 15) is 8.42 Å². The molecule has 2 rings (SSSR count). The highest BCUT2D eigenvalue weighted by Gasteiger charge is 2.22. The maximum absolute atomic E-state index is 11.8. The minimum absolute atomic E-state index is 0.0955. The van der Waals surface area contributed by atoms with E-state index in [0.717, 1.165) is 4.31 Å². The smallest absolute Gasteiger partial charge is 0.378 e. The molecule has 0 N–H and O–H groups in total. The highest BCUT2D eigenvalue weighted by atomic mass is 32.2. The second-order valence-corrected chi connectivity index (χ2v) is 6.00. The van der Waals surface area contributed by atoms with Crippen LogP contribution in [0.1, 0.15) is 0 Å². The summed E-state index contributed by atoms with van der Waals surface area (Å²) in [6.45, 7) is 2.58. The number of hydrogen-bond acceptors (Lipinski definition) is 6. The lowest BCUT2D eigenvalue weighted by atomic mass is 10.3. The summed E-state index contributed by atoms with van der Waals surface area (Å²) in [4.78, 5) is 6.01. The van der Waals surface area contributed by atoms with Crippen LogP contribution >= 0.6 is 0 Å². The molecule has 106 valence electrons. The van der Waals surface area contributed by atoms with Crippen molar-refractivity contribution < 1.29 is 17.3 Å². The molecule has 0 aliphatic carbocycles. The first kappa shape index (κ1) is 14.0. The summed E-state index contributed by atoms with van der Waals surface area (Å²) >= 11 is 0. The lowest BCUT2D eigenvalue weighted by molar-refractivity contribution is 0.122. The van der Waals surface area contributed by atoms with Gasteiger partial charge in [-0.3, -0.25) is 0 Å². The molecule has 0 unspecified atom stereocenters. The van der Waals surface area contributed by atoms with Crippen LogP contribution in [-0.2, 0) is 15.0 Å². The summed E-state index contributed by atoms with van der Waals surface area (Å²) in [5.41, 5.74) is 0.663. The predicted molar refractivity (Wildman–Crippen MR) is 70.5 cm³/mol. The lowest BCUT2D eigenvalue weighted by Crippen LogP contribution is -2.37. The number of ether oxygens (including phenoxy) is 1. The van der Waals surface area contributed by atoms with Crippen molar-refractivity contribution in [1.82, 2.24) is 9.29 Å². The van der Waals surface area contributed by atoms with Gasteiger partial charge < -0.3 is 13.8 Å². The van der Waals surface area contributed by atoms with Gasteiger partial charge in [-0.1, -0.05) is 0 Å². The van der Waals surface area contributed by atoms with Gasteiger partial charge in [0.25, 0.3) is 5.88 Å². The molecule has 0 atom stereocenters. The minimum atomic E-state index is -3.80. The van der Waals surface area contributed by atoms with E-state index in [-0.39, 0.29) is 5.88 Å². The Hall–Kier alpha value is -1.38. The maximum Gasteiger partial charge on any atom is 0.386 e. The Labute approximate surface area is 113 Å². The molecule has 7 nitrogen and oxygen atoms in total. The van der Waals surface area contributed by atoms with Gasteiger partial charge in [0.1, 0.15) is 5.69 Å². The maximum atomic E-state index is 11.8. The molecule has 0 bridgehead atoms. The van der Waals surface area contributed by atoms with Gasteiger partial charge in [0.2, 0.25) is 0 Å². The van der Waals surface area contributed by atoms with Crippen LogP contribution in [0.4, 0.5) is 5.69 Å². The van der Waals surface area contributed by atoms with Gasteiger partial charge in [0, 0.05) is 33.4 Å². The lowest BCUT2D eigenvalue weighted by Gasteiger charge is -2.29. The SMILES string of the molecule is CN(C)S(=O)(=O)Oc1ncccc1N1CCOCC1. The fraction of sp³-hybridized carbons (Fsp3) is 0.545. The summed E-state index contributed by atoms with van der Waals surface area (Å²) in [6.07, 6.45) is 1.50. The van der Waals surface area contributed by atoms with Crippen LogP contribution in [0.15, 0.2) is 18.3 Å². The van der Waals surface area contributed by atoms with Crippen molar-refractivity contribution >= 4 is 16.0 Å². The van der Waals surface area contributed by atoms with Crippen LogP contribution in [0.3, 0.4) is 0 Å². The van der Waals surface area contributed by atoms with E-state index in [1.165, 1.54) is 20.3 Å². The Morgan fingerprint density at radius 3 is 2.68 bits per heavy atom. The molecular weight excluding hydrogens is 270 g/mol. The Morgan fingerprint density at radius 1 is 1.37 bits per heavy atom. The zero-order valence-electron chi connectivity index (χ0n) is 10.9. The predicted octanol–water partition coefficient (Wildman–Crippen LogP) is 0.103. The van der Waals surface area contributed by atoms with Crippen molar-refractivity contribution in [3.8, 4) is 5.88 Å². The summed E-state index contributed by atoms with van der Waals surface area (Å²) in [5, 5.41) is 0. The molecule has 1 aromatic heterocycles. The third kappa shape index (κ3) is 3.34. The standard InChI is InChI=1S/C11H17N3O4S/c1-13(2)19(15,16)18-11-10(4-3-5-12-11)14-6-8-17-9-7-14/h3-5H,6-9H2,1-2H3.